The number of thioether (sulfide) groups is 1. The van der Waals surface area contributed by atoms with Crippen LogP contribution in [0.3, 0.4) is 0 Å². The fourth-order valence-electron chi connectivity index (χ4n) is 2.90. The minimum Gasteiger partial charge on any atom is -0.308 e. The highest BCUT2D eigenvalue weighted by atomic mass is 35.5. The standard InChI is InChI=1S/C20H22Cl2N2OS/c1-20(2,3)14-9-7-13(8-10-14)18-24(11-12-26-18)19(25)23-17-15(21)5-4-6-16(17)22/h4-10,18H,11-12H2,1-3H3,(H,23,25)/t18-/m1/s1. The molecule has 1 heterocycles. The topological polar surface area (TPSA) is 32.3 Å². The van der Waals surface area contributed by atoms with Crippen molar-refractivity contribution in [2.75, 3.05) is 17.6 Å². The predicted molar refractivity (Wildman–Crippen MR) is 113 cm³/mol. The van der Waals surface area contributed by atoms with Gasteiger partial charge in [0.1, 0.15) is 5.37 Å². The first-order chi connectivity index (χ1) is 12.3. The molecule has 0 aliphatic carbocycles. The van der Waals surface area contributed by atoms with E-state index in [9.17, 15) is 4.79 Å². The SMILES string of the molecule is CC(C)(C)c1ccc([C@H]2SCCN2C(=O)Nc2c(Cl)cccc2Cl)cc1. The summed E-state index contributed by atoms with van der Waals surface area (Å²) < 4.78 is 0. The molecule has 1 aliphatic heterocycles. The largest absolute Gasteiger partial charge is 0.323 e. The van der Waals surface area contributed by atoms with Crippen molar-refractivity contribution >= 4 is 46.7 Å². The molecule has 1 saturated heterocycles. The number of hydrogen-bond acceptors (Lipinski definition) is 2. The van der Waals surface area contributed by atoms with Crippen molar-refractivity contribution < 1.29 is 4.79 Å². The number of benzene rings is 2. The maximum absolute atomic E-state index is 12.8. The molecule has 1 N–H and O–H groups in total. The summed E-state index contributed by atoms with van der Waals surface area (Å²) in [5, 5.41) is 3.72. The number of halogens is 2. The summed E-state index contributed by atoms with van der Waals surface area (Å²) in [4.78, 5) is 14.6. The Labute approximate surface area is 169 Å². The van der Waals surface area contributed by atoms with Gasteiger partial charge in [-0.2, -0.15) is 0 Å². The van der Waals surface area contributed by atoms with Crippen LogP contribution in [0.25, 0.3) is 0 Å². The summed E-state index contributed by atoms with van der Waals surface area (Å²) in [6.45, 7) is 7.27. The van der Waals surface area contributed by atoms with E-state index in [0.29, 0.717) is 22.3 Å². The van der Waals surface area contributed by atoms with E-state index in [1.54, 1.807) is 30.0 Å². The summed E-state index contributed by atoms with van der Waals surface area (Å²) in [5.74, 6) is 0.898. The van der Waals surface area contributed by atoms with Gasteiger partial charge in [0.25, 0.3) is 0 Å². The highest BCUT2D eigenvalue weighted by molar-refractivity contribution is 7.99. The Morgan fingerprint density at radius 3 is 2.31 bits per heavy atom. The van der Waals surface area contributed by atoms with Crippen LogP contribution in [0, 0.1) is 0 Å². The molecule has 2 aromatic carbocycles. The Hall–Kier alpha value is -1.36. The quantitative estimate of drug-likeness (QED) is 0.608. The first kappa shape index (κ1) is 19.4. The lowest BCUT2D eigenvalue weighted by Gasteiger charge is -2.26. The number of nitrogens with one attached hydrogen (secondary N) is 1. The van der Waals surface area contributed by atoms with E-state index in [1.165, 1.54) is 5.56 Å². The second-order valence-electron chi connectivity index (χ2n) is 7.32. The van der Waals surface area contributed by atoms with Crippen molar-refractivity contribution in [3.63, 3.8) is 0 Å². The Balaban J connectivity index is 1.78. The lowest BCUT2D eigenvalue weighted by Crippen LogP contribution is -2.34. The second-order valence-corrected chi connectivity index (χ2v) is 9.32. The third-order valence-electron chi connectivity index (χ3n) is 4.41. The lowest BCUT2D eigenvalue weighted by atomic mass is 9.87. The maximum atomic E-state index is 12.8. The molecule has 0 spiro atoms. The zero-order valence-electron chi connectivity index (χ0n) is 15.1. The fraction of sp³-hybridized carbons (Fsp3) is 0.350. The number of carbonyl (C=O) groups is 1. The molecule has 0 bridgehead atoms. The molecular formula is C20H22Cl2N2OS. The van der Waals surface area contributed by atoms with Crippen LogP contribution in [0.5, 0.6) is 0 Å². The zero-order chi connectivity index (χ0) is 18.9. The number of anilines is 1. The minimum atomic E-state index is -0.185. The van der Waals surface area contributed by atoms with Gasteiger partial charge in [-0.25, -0.2) is 4.79 Å². The summed E-state index contributed by atoms with van der Waals surface area (Å²) in [7, 11) is 0. The number of carbonyl (C=O) groups excluding carboxylic acids is 1. The van der Waals surface area contributed by atoms with Crippen molar-refractivity contribution in [2.45, 2.75) is 31.6 Å². The molecule has 2 aromatic rings. The van der Waals surface area contributed by atoms with Gasteiger partial charge in [0.15, 0.2) is 0 Å². The van der Waals surface area contributed by atoms with Gasteiger partial charge < -0.3 is 10.2 Å². The van der Waals surface area contributed by atoms with Crippen LogP contribution in [0.1, 0.15) is 37.3 Å². The molecule has 2 amide bonds. The Bertz CT molecular complexity index is 782. The molecule has 0 radical (unpaired) electrons. The van der Waals surface area contributed by atoms with Crippen LogP contribution >= 0.6 is 35.0 Å². The first-order valence-electron chi connectivity index (χ1n) is 8.51. The minimum absolute atomic E-state index is 0.00900. The lowest BCUT2D eigenvalue weighted by molar-refractivity contribution is 0.214. The summed E-state index contributed by atoms with van der Waals surface area (Å²) in [6, 6.07) is 13.5. The Kier molecular flexibility index (Phi) is 5.75. The van der Waals surface area contributed by atoms with Crippen molar-refractivity contribution in [1.29, 1.82) is 0 Å². The van der Waals surface area contributed by atoms with Gasteiger partial charge in [-0.3, -0.25) is 0 Å². The number of urea groups is 1. The molecule has 0 unspecified atom stereocenters. The van der Waals surface area contributed by atoms with E-state index in [4.69, 9.17) is 23.2 Å². The fourth-order valence-corrected chi connectivity index (χ4v) is 4.65. The van der Waals surface area contributed by atoms with E-state index < -0.39 is 0 Å². The molecule has 26 heavy (non-hydrogen) atoms. The van der Waals surface area contributed by atoms with E-state index in [1.807, 2.05) is 4.90 Å². The van der Waals surface area contributed by atoms with Crippen LogP contribution in [-0.2, 0) is 5.41 Å². The van der Waals surface area contributed by atoms with Gasteiger partial charge in [-0.05, 0) is 28.7 Å². The highest BCUT2D eigenvalue weighted by Crippen LogP contribution is 2.39. The summed E-state index contributed by atoms with van der Waals surface area (Å²) in [6.07, 6.45) is 0. The molecule has 1 aliphatic rings. The van der Waals surface area contributed by atoms with E-state index in [0.717, 1.165) is 11.3 Å². The maximum Gasteiger partial charge on any atom is 0.323 e. The number of nitrogens with zero attached hydrogens (tertiary/aromatic N) is 1. The van der Waals surface area contributed by atoms with E-state index in [-0.39, 0.29) is 16.8 Å². The Morgan fingerprint density at radius 1 is 1.12 bits per heavy atom. The van der Waals surface area contributed by atoms with Gasteiger partial charge in [0.2, 0.25) is 0 Å². The average molecular weight is 409 g/mol. The highest BCUT2D eigenvalue weighted by Gasteiger charge is 2.31. The van der Waals surface area contributed by atoms with Gasteiger partial charge in [0, 0.05) is 12.3 Å². The average Bonchev–Trinajstić information content (AvgIpc) is 3.07. The molecule has 0 aromatic heterocycles. The third-order valence-corrected chi connectivity index (χ3v) is 6.30. The number of rotatable bonds is 2. The monoisotopic (exact) mass is 408 g/mol. The normalized spacial score (nSPS) is 17.4. The zero-order valence-corrected chi connectivity index (χ0v) is 17.4. The number of amides is 2. The van der Waals surface area contributed by atoms with Crippen molar-refractivity contribution in [1.82, 2.24) is 4.90 Å². The number of hydrogen-bond donors (Lipinski definition) is 1. The summed E-state index contributed by atoms with van der Waals surface area (Å²) >= 11 is 14.1. The number of para-hydroxylation sites is 1. The smallest absolute Gasteiger partial charge is 0.308 e. The molecule has 0 saturated carbocycles. The van der Waals surface area contributed by atoms with Gasteiger partial charge in [0.05, 0.1) is 15.7 Å². The van der Waals surface area contributed by atoms with Crippen molar-refractivity contribution in [3.05, 3.63) is 63.6 Å². The molecule has 3 nitrogen and oxygen atoms in total. The third kappa shape index (κ3) is 4.13. The van der Waals surface area contributed by atoms with Gasteiger partial charge >= 0.3 is 6.03 Å². The van der Waals surface area contributed by atoms with Crippen molar-refractivity contribution in [2.24, 2.45) is 0 Å². The predicted octanol–water partition coefficient (Wildman–Crippen LogP) is 6.57. The van der Waals surface area contributed by atoms with Crippen molar-refractivity contribution in [3.8, 4) is 0 Å². The molecule has 138 valence electrons. The molecule has 1 fully saturated rings. The van der Waals surface area contributed by atoms with Crippen LogP contribution in [0.4, 0.5) is 10.5 Å². The Morgan fingerprint density at radius 2 is 1.73 bits per heavy atom. The first-order valence-corrected chi connectivity index (χ1v) is 10.3. The second kappa shape index (κ2) is 7.71. The van der Waals surface area contributed by atoms with Crippen LogP contribution in [-0.4, -0.2) is 23.2 Å². The molecular weight excluding hydrogens is 387 g/mol. The van der Waals surface area contributed by atoms with Gasteiger partial charge in [-0.1, -0.05) is 74.3 Å². The van der Waals surface area contributed by atoms with Crippen LogP contribution in [0.2, 0.25) is 10.0 Å². The summed E-state index contributed by atoms with van der Waals surface area (Å²) in [5.41, 5.74) is 2.97. The van der Waals surface area contributed by atoms with E-state index in [2.05, 4.69) is 50.4 Å². The molecule has 6 heteroatoms. The van der Waals surface area contributed by atoms with Gasteiger partial charge in [-0.15, -0.1) is 11.8 Å². The molecule has 3 rings (SSSR count). The molecule has 1 atom stereocenters. The van der Waals surface area contributed by atoms with E-state index >= 15 is 0 Å². The van der Waals surface area contributed by atoms with Crippen LogP contribution in [0.15, 0.2) is 42.5 Å². The van der Waals surface area contributed by atoms with Crippen LogP contribution < -0.4 is 5.32 Å².